The molecule has 1 fully saturated rings. The number of hydrogen-bond donors (Lipinski definition) is 0. The van der Waals surface area contributed by atoms with Gasteiger partial charge in [0.05, 0.1) is 17.5 Å². The Kier molecular flexibility index (Phi) is 5.39. The third-order valence-electron chi connectivity index (χ3n) is 5.36. The standard InChI is InChI=1S/C21H21N3O4S2/c25-19-11-15(22-21-24(19)6-9-30-21)12-29-13-20(26)23-5-1-2-16(23)14-3-4-17-18(10-14)28-8-7-27-17/h3-4,6,9-11,16H,1-2,5,7-8,12-13H2/t16-/m0/s1. The molecule has 1 aromatic carbocycles. The summed E-state index contributed by atoms with van der Waals surface area (Å²) in [5.74, 6) is 2.55. The lowest BCUT2D eigenvalue weighted by molar-refractivity contribution is -0.129. The average Bonchev–Trinajstić information content (AvgIpc) is 3.43. The SMILES string of the molecule is O=C(CSCc1cc(=O)n2ccsc2n1)N1CCC[C@H]1c1ccc2c(c1)OCCO2. The zero-order valence-electron chi connectivity index (χ0n) is 16.3. The van der Waals surface area contributed by atoms with E-state index in [0.717, 1.165) is 36.4 Å². The highest BCUT2D eigenvalue weighted by Crippen LogP contribution is 2.38. The number of thioether (sulfide) groups is 1. The molecule has 30 heavy (non-hydrogen) atoms. The van der Waals surface area contributed by atoms with E-state index in [-0.39, 0.29) is 17.5 Å². The Bertz CT molecular complexity index is 1140. The second-order valence-electron chi connectivity index (χ2n) is 7.28. The van der Waals surface area contributed by atoms with Gasteiger partial charge in [-0.25, -0.2) is 4.98 Å². The quantitative estimate of drug-likeness (QED) is 0.603. The summed E-state index contributed by atoms with van der Waals surface area (Å²) in [6.07, 6.45) is 3.66. The molecule has 156 valence electrons. The van der Waals surface area contributed by atoms with Gasteiger partial charge in [-0.05, 0) is 30.5 Å². The first-order valence-electron chi connectivity index (χ1n) is 9.91. The van der Waals surface area contributed by atoms with Crippen molar-refractivity contribution < 1.29 is 14.3 Å². The lowest BCUT2D eigenvalue weighted by Crippen LogP contribution is -2.32. The first-order chi connectivity index (χ1) is 14.7. The fourth-order valence-corrected chi connectivity index (χ4v) is 5.50. The minimum Gasteiger partial charge on any atom is -0.486 e. The van der Waals surface area contributed by atoms with E-state index in [4.69, 9.17) is 9.47 Å². The van der Waals surface area contributed by atoms with Crippen LogP contribution in [0.4, 0.5) is 0 Å². The monoisotopic (exact) mass is 443 g/mol. The summed E-state index contributed by atoms with van der Waals surface area (Å²) in [5, 5.41) is 1.84. The van der Waals surface area contributed by atoms with Crippen molar-refractivity contribution in [2.75, 3.05) is 25.5 Å². The van der Waals surface area contributed by atoms with Gasteiger partial charge in [0.2, 0.25) is 5.91 Å². The Labute approximate surface area is 181 Å². The highest BCUT2D eigenvalue weighted by atomic mass is 32.2. The number of fused-ring (bicyclic) bond motifs is 2. The first kappa shape index (κ1) is 19.4. The predicted octanol–water partition coefficient (Wildman–Crippen LogP) is 3.12. The minimum atomic E-state index is -0.0820. The van der Waals surface area contributed by atoms with Gasteiger partial charge in [0.1, 0.15) is 13.2 Å². The molecule has 0 spiro atoms. The summed E-state index contributed by atoms with van der Waals surface area (Å²) in [6.45, 7) is 1.88. The van der Waals surface area contributed by atoms with Crippen molar-refractivity contribution in [1.82, 2.24) is 14.3 Å². The molecule has 0 saturated carbocycles. The summed E-state index contributed by atoms with van der Waals surface area (Å²) >= 11 is 2.93. The topological polar surface area (TPSA) is 73.1 Å². The average molecular weight is 444 g/mol. The summed E-state index contributed by atoms with van der Waals surface area (Å²) in [4.78, 5) is 32.2. The van der Waals surface area contributed by atoms with Crippen molar-refractivity contribution in [2.45, 2.75) is 24.6 Å². The molecule has 7 nitrogen and oxygen atoms in total. The van der Waals surface area contributed by atoms with Gasteiger partial charge in [-0.15, -0.1) is 23.1 Å². The van der Waals surface area contributed by atoms with Crippen molar-refractivity contribution in [1.29, 1.82) is 0 Å². The molecule has 1 amide bonds. The van der Waals surface area contributed by atoms with Crippen LogP contribution in [0, 0.1) is 0 Å². The van der Waals surface area contributed by atoms with Crippen LogP contribution in [0.25, 0.3) is 4.96 Å². The molecule has 9 heteroatoms. The molecule has 3 aromatic rings. The molecule has 0 N–H and O–H groups in total. The van der Waals surface area contributed by atoms with E-state index in [1.54, 1.807) is 12.3 Å². The van der Waals surface area contributed by atoms with Crippen LogP contribution in [-0.4, -0.2) is 45.7 Å². The van der Waals surface area contributed by atoms with Crippen LogP contribution < -0.4 is 15.0 Å². The van der Waals surface area contributed by atoms with Gasteiger partial charge in [-0.1, -0.05) is 6.07 Å². The van der Waals surface area contributed by atoms with Crippen LogP contribution >= 0.6 is 23.1 Å². The number of thiazole rings is 1. The zero-order valence-corrected chi connectivity index (χ0v) is 17.9. The summed E-state index contributed by atoms with van der Waals surface area (Å²) < 4.78 is 12.8. The van der Waals surface area contributed by atoms with E-state index < -0.39 is 0 Å². The molecule has 4 heterocycles. The maximum absolute atomic E-state index is 12.9. The Hall–Kier alpha value is -2.52. The van der Waals surface area contributed by atoms with E-state index in [2.05, 4.69) is 4.98 Å². The van der Waals surface area contributed by atoms with Gasteiger partial charge in [-0.2, -0.15) is 0 Å². The van der Waals surface area contributed by atoms with Crippen LogP contribution in [0.3, 0.4) is 0 Å². The Morgan fingerprint density at radius 2 is 2.10 bits per heavy atom. The molecule has 0 radical (unpaired) electrons. The molecule has 1 saturated heterocycles. The van der Waals surface area contributed by atoms with Crippen LogP contribution in [0.5, 0.6) is 11.5 Å². The van der Waals surface area contributed by atoms with Crippen LogP contribution in [0.15, 0.2) is 40.6 Å². The predicted molar refractivity (Wildman–Crippen MR) is 117 cm³/mol. The Balaban J connectivity index is 1.23. The molecule has 0 unspecified atom stereocenters. The van der Waals surface area contributed by atoms with Gasteiger partial charge in [-0.3, -0.25) is 14.0 Å². The van der Waals surface area contributed by atoms with Crippen LogP contribution in [-0.2, 0) is 10.5 Å². The number of likely N-dealkylation sites (tertiary alicyclic amines) is 1. The molecule has 2 aliphatic heterocycles. The maximum Gasteiger partial charge on any atom is 0.258 e. The van der Waals surface area contributed by atoms with Gasteiger partial charge in [0, 0.05) is 29.9 Å². The van der Waals surface area contributed by atoms with Crippen molar-refractivity contribution in [3.63, 3.8) is 0 Å². The molecular weight excluding hydrogens is 422 g/mol. The van der Waals surface area contributed by atoms with Gasteiger partial charge in [0.25, 0.3) is 5.56 Å². The lowest BCUT2D eigenvalue weighted by Gasteiger charge is -2.26. The van der Waals surface area contributed by atoms with E-state index in [1.807, 2.05) is 28.5 Å². The number of aromatic nitrogens is 2. The first-order valence-corrected chi connectivity index (χ1v) is 11.9. The number of carbonyl (C=O) groups excluding carboxylic acids is 1. The Morgan fingerprint density at radius 3 is 3.00 bits per heavy atom. The van der Waals surface area contributed by atoms with Crippen molar-refractivity contribution in [3.05, 3.63) is 57.5 Å². The third kappa shape index (κ3) is 3.79. The molecule has 0 bridgehead atoms. The van der Waals surface area contributed by atoms with E-state index in [1.165, 1.54) is 27.5 Å². The van der Waals surface area contributed by atoms with Crippen LogP contribution in [0.2, 0.25) is 0 Å². The largest absolute Gasteiger partial charge is 0.486 e. The molecule has 2 aliphatic rings. The number of benzene rings is 1. The molecular formula is C21H21N3O4S2. The molecule has 0 aliphatic carbocycles. The smallest absolute Gasteiger partial charge is 0.258 e. The zero-order chi connectivity index (χ0) is 20.5. The number of carbonyl (C=O) groups is 1. The normalized spacial score (nSPS) is 18.1. The van der Waals surface area contributed by atoms with Crippen molar-refractivity contribution in [3.8, 4) is 11.5 Å². The van der Waals surface area contributed by atoms with Crippen molar-refractivity contribution >= 4 is 34.0 Å². The van der Waals surface area contributed by atoms with Crippen LogP contribution in [0.1, 0.15) is 30.1 Å². The van der Waals surface area contributed by atoms with Gasteiger partial charge < -0.3 is 14.4 Å². The highest BCUT2D eigenvalue weighted by Gasteiger charge is 2.30. The van der Waals surface area contributed by atoms with E-state index >= 15 is 0 Å². The fourth-order valence-electron chi connectivity index (χ4n) is 3.97. The number of ether oxygens (including phenoxy) is 2. The van der Waals surface area contributed by atoms with E-state index in [0.29, 0.717) is 35.4 Å². The fraction of sp³-hybridized carbons (Fsp3) is 0.381. The second kappa shape index (κ2) is 8.31. The van der Waals surface area contributed by atoms with E-state index in [9.17, 15) is 9.59 Å². The second-order valence-corrected chi connectivity index (χ2v) is 9.14. The summed E-state index contributed by atoms with van der Waals surface area (Å²) in [5.41, 5.74) is 1.72. The third-order valence-corrected chi connectivity index (χ3v) is 7.06. The number of nitrogens with zero attached hydrogens (tertiary/aromatic N) is 3. The van der Waals surface area contributed by atoms with Crippen molar-refractivity contribution in [2.24, 2.45) is 0 Å². The lowest BCUT2D eigenvalue weighted by atomic mass is 10.0. The molecule has 2 aromatic heterocycles. The molecule has 1 atom stereocenters. The molecule has 5 rings (SSSR count). The summed E-state index contributed by atoms with van der Waals surface area (Å²) in [7, 11) is 0. The highest BCUT2D eigenvalue weighted by molar-refractivity contribution is 7.99. The maximum atomic E-state index is 12.9. The number of rotatable bonds is 5. The van der Waals surface area contributed by atoms with Gasteiger partial charge >= 0.3 is 0 Å². The number of amides is 1. The number of hydrogen-bond acceptors (Lipinski definition) is 7. The minimum absolute atomic E-state index is 0.0687. The van der Waals surface area contributed by atoms with Gasteiger partial charge in [0.15, 0.2) is 16.5 Å². The Morgan fingerprint density at radius 1 is 1.23 bits per heavy atom. The summed E-state index contributed by atoms with van der Waals surface area (Å²) in [6, 6.07) is 7.59.